The molecule has 0 saturated carbocycles. The highest BCUT2D eigenvalue weighted by Gasteiger charge is 2.03. The van der Waals surface area contributed by atoms with E-state index in [1.54, 1.807) is 23.7 Å². The molecule has 0 heterocycles. The largest absolute Gasteiger partial charge is 0.396 e. The zero-order valence-corrected chi connectivity index (χ0v) is 9.77. The first-order chi connectivity index (χ1) is 6.72. The highest BCUT2D eigenvalue weighted by atomic mass is 32.2. The molecule has 0 rings (SSSR count). The minimum Gasteiger partial charge on any atom is -0.396 e. The Kier molecular flexibility index (Phi) is 8.87. The van der Waals surface area contributed by atoms with Crippen molar-refractivity contribution in [1.29, 1.82) is 0 Å². The van der Waals surface area contributed by atoms with Crippen molar-refractivity contribution in [2.24, 2.45) is 0 Å². The summed E-state index contributed by atoms with van der Waals surface area (Å²) < 4.78 is 0. The monoisotopic (exact) mass is 220 g/mol. The summed E-state index contributed by atoms with van der Waals surface area (Å²) >= 11 is 1.75. The first-order valence-corrected chi connectivity index (χ1v) is 6.05. The van der Waals surface area contributed by atoms with Gasteiger partial charge >= 0.3 is 6.03 Å². The van der Waals surface area contributed by atoms with Crippen LogP contribution in [0, 0.1) is 0 Å². The molecule has 0 fully saturated rings. The molecule has 4 nitrogen and oxygen atoms in total. The zero-order chi connectivity index (χ0) is 10.8. The Labute approximate surface area is 90.0 Å². The summed E-state index contributed by atoms with van der Waals surface area (Å²) in [6.07, 6.45) is 0.827. The lowest BCUT2D eigenvalue weighted by atomic mass is 10.5. The molecule has 0 radical (unpaired) electrons. The lowest BCUT2D eigenvalue weighted by Crippen LogP contribution is -2.38. The quantitative estimate of drug-likeness (QED) is 0.623. The van der Waals surface area contributed by atoms with Gasteiger partial charge in [-0.1, -0.05) is 0 Å². The number of carbonyl (C=O) groups excluding carboxylic acids is 1. The molecule has 0 aromatic rings. The number of nitrogens with one attached hydrogen (secondary N) is 1. The first kappa shape index (κ1) is 13.6. The molecular weight excluding hydrogens is 200 g/mol. The number of thioether (sulfide) groups is 1. The van der Waals surface area contributed by atoms with Gasteiger partial charge in [0.1, 0.15) is 0 Å². The van der Waals surface area contributed by atoms with E-state index in [1.807, 2.05) is 6.92 Å². The molecule has 0 aliphatic carbocycles. The van der Waals surface area contributed by atoms with Gasteiger partial charge in [-0.25, -0.2) is 4.79 Å². The van der Waals surface area contributed by atoms with Gasteiger partial charge in [0.15, 0.2) is 0 Å². The van der Waals surface area contributed by atoms with Crippen molar-refractivity contribution in [2.45, 2.75) is 13.3 Å². The van der Waals surface area contributed by atoms with E-state index >= 15 is 0 Å². The molecule has 84 valence electrons. The molecule has 0 aromatic carbocycles. The van der Waals surface area contributed by atoms with Gasteiger partial charge < -0.3 is 15.3 Å². The van der Waals surface area contributed by atoms with Crippen molar-refractivity contribution in [3.63, 3.8) is 0 Å². The lowest BCUT2D eigenvalue weighted by Gasteiger charge is -2.15. The number of hydrogen-bond acceptors (Lipinski definition) is 3. The smallest absolute Gasteiger partial charge is 0.317 e. The van der Waals surface area contributed by atoms with Crippen LogP contribution in [0.15, 0.2) is 0 Å². The third kappa shape index (κ3) is 7.03. The van der Waals surface area contributed by atoms with Crippen LogP contribution >= 0.6 is 11.8 Å². The van der Waals surface area contributed by atoms with Crippen molar-refractivity contribution >= 4 is 17.8 Å². The van der Waals surface area contributed by atoms with Crippen LogP contribution in [0.1, 0.15) is 13.3 Å². The predicted molar refractivity (Wildman–Crippen MR) is 60.7 cm³/mol. The summed E-state index contributed by atoms with van der Waals surface area (Å²) in [5.41, 5.74) is 0. The average Bonchev–Trinajstić information content (AvgIpc) is 2.21. The van der Waals surface area contributed by atoms with Gasteiger partial charge in [0.25, 0.3) is 0 Å². The molecule has 0 saturated heterocycles. The fourth-order valence-corrected chi connectivity index (χ4v) is 1.56. The number of hydrogen-bond donors (Lipinski definition) is 2. The molecule has 14 heavy (non-hydrogen) atoms. The summed E-state index contributed by atoms with van der Waals surface area (Å²) in [6.45, 7) is 3.61. The van der Waals surface area contributed by atoms with Crippen LogP contribution in [-0.4, -0.2) is 54.3 Å². The maximum Gasteiger partial charge on any atom is 0.317 e. The van der Waals surface area contributed by atoms with Gasteiger partial charge in [-0.3, -0.25) is 0 Å². The minimum atomic E-state index is -0.0183. The molecule has 5 heteroatoms. The Morgan fingerprint density at radius 2 is 2.21 bits per heavy atom. The third-order valence-electron chi connectivity index (χ3n) is 1.79. The van der Waals surface area contributed by atoms with Gasteiger partial charge in [0, 0.05) is 32.5 Å². The molecule has 2 amide bonds. The van der Waals surface area contributed by atoms with Gasteiger partial charge in [-0.2, -0.15) is 11.8 Å². The zero-order valence-electron chi connectivity index (χ0n) is 8.95. The highest BCUT2D eigenvalue weighted by molar-refractivity contribution is 7.99. The number of rotatable bonds is 7. The van der Waals surface area contributed by atoms with Crippen molar-refractivity contribution in [3.05, 3.63) is 0 Å². The van der Waals surface area contributed by atoms with Crippen molar-refractivity contribution in [2.75, 3.05) is 38.2 Å². The Balaban J connectivity index is 3.23. The van der Waals surface area contributed by atoms with E-state index in [-0.39, 0.29) is 12.6 Å². The van der Waals surface area contributed by atoms with Crippen LogP contribution in [0.2, 0.25) is 0 Å². The SMILES string of the molecule is CCN(C)C(=O)NCCSCCCO. The number of carbonyl (C=O) groups is 1. The Bertz CT molecular complexity index is 156. The number of aliphatic hydroxyl groups excluding tert-OH is 1. The van der Waals surface area contributed by atoms with Crippen LogP contribution in [0.3, 0.4) is 0 Å². The number of aliphatic hydroxyl groups is 1. The van der Waals surface area contributed by atoms with E-state index in [1.165, 1.54) is 0 Å². The number of urea groups is 1. The second-order valence-electron chi connectivity index (χ2n) is 2.94. The molecular formula is C9H20N2O2S. The van der Waals surface area contributed by atoms with E-state index in [4.69, 9.17) is 5.11 Å². The van der Waals surface area contributed by atoms with Gasteiger partial charge in [-0.15, -0.1) is 0 Å². The van der Waals surface area contributed by atoms with Gasteiger partial charge in [0.2, 0.25) is 0 Å². The normalized spacial score (nSPS) is 9.93. The summed E-state index contributed by atoms with van der Waals surface area (Å²) in [4.78, 5) is 12.9. The van der Waals surface area contributed by atoms with E-state index in [9.17, 15) is 4.79 Å². The van der Waals surface area contributed by atoms with E-state index in [2.05, 4.69) is 5.32 Å². The van der Waals surface area contributed by atoms with Crippen LogP contribution in [-0.2, 0) is 0 Å². The Morgan fingerprint density at radius 3 is 2.79 bits per heavy atom. The molecule has 0 aliphatic rings. The summed E-state index contributed by atoms with van der Waals surface area (Å²) in [5.74, 6) is 1.86. The Morgan fingerprint density at radius 1 is 1.50 bits per heavy atom. The summed E-state index contributed by atoms with van der Waals surface area (Å²) in [6, 6.07) is -0.0183. The topological polar surface area (TPSA) is 52.6 Å². The second kappa shape index (κ2) is 9.15. The lowest BCUT2D eigenvalue weighted by molar-refractivity contribution is 0.212. The predicted octanol–water partition coefficient (Wildman–Crippen LogP) is 0.763. The number of nitrogens with zero attached hydrogens (tertiary/aromatic N) is 1. The Hall–Kier alpha value is -0.420. The van der Waals surface area contributed by atoms with Crippen molar-refractivity contribution in [1.82, 2.24) is 10.2 Å². The maximum atomic E-state index is 11.2. The molecule has 0 aromatic heterocycles. The molecule has 0 unspecified atom stereocenters. The summed E-state index contributed by atoms with van der Waals surface area (Å²) in [5, 5.41) is 11.3. The summed E-state index contributed by atoms with van der Waals surface area (Å²) in [7, 11) is 1.77. The van der Waals surface area contributed by atoms with Crippen molar-refractivity contribution < 1.29 is 9.90 Å². The fraction of sp³-hybridized carbons (Fsp3) is 0.889. The molecule has 0 aliphatic heterocycles. The fourth-order valence-electron chi connectivity index (χ4n) is 0.777. The molecule has 0 atom stereocenters. The van der Waals surface area contributed by atoms with Crippen LogP contribution in [0.5, 0.6) is 0 Å². The molecule has 2 N–H and O–H groups in total. The second-order valence-corrected chi connectivity index (χ2v) is 4.16. The van der Waals surface area contributed by atoms with E-state index in [0.717, 1.165) is 24.5 Å². The van der Waals surface area contributed by atoms with E-state index in [0.29, 0.717) is 6.54 Å². The standard InChI is InChI=1S/C9H20N2O2S/c1-3-11(2)9(13)10-5-8-14-7-4-6-12/h12H,3-8H2,1-2H3,(H,10,13). The van der Waals surface area contributed by atoms with Crippen LogP contribution < -0.4 is 5.32 Å². The van der Waals surface area contributed by atoms with Crippen LogP contribution in [0.4, 0.5) is 4.79 Å². The van der Waals surface area contributed by atoms with Gasteiger partial charge in [-0.05, 0) is 19.1 Å². The van der Waals surface area contributed by atoms with E-state index < -0.39 is 0 Å². The number of amides is 2. The first-order valence-electron chi connectivity index (χ1n) is 4.90. The highest BCUT2D eigenvalue weighted by Crippen LogP contribution is 1.99. The van der Waals surface area contributed by atoms with Gasteiger partial charge in [0.05, 0.1) is 0 Å². The van der Waals surface area contributed by atoms with Crippen molar-refractivity contribution in [3.8, 4) is 0 Å². The minimum absolute atomic E-state index is 0.0183. The van der Waals surface area contributed by atoms with Crippen LogP contribution in [0.25, 0.3) is 0 Å². The molecule has 0 bridgehead atoms. The average molecular weight is 220 g/mol. The maximum absolute atomic E-state index is 11.2. The molecule has 0 spiro atoms. The third-order valence-corrected chi connectivity index (χ3v) is 2.86.